The summed E-state index contributed by atoms with van der Waals surface area (Å²) in [5.41, 5.74) is 0.652. The molecule has 2 nitrogen and oxygen atoms in total. The second-order valence-electron chi connectivity index (χ2n) is 2.82. The van der Waals surface area contributed by atoms with E-state index >= 15 is 0 Å². The second-order valence-corrected chi connectivity index (χ2v) is 3.67. The minimum absolute atomic E-state index is 0.652. The van der Waals surface area contributed by atoms with Crippen molar-refractivity contribution in [1.29, 1.82) is 0 Å². The lowest BCUT2D eigenvalue weighted by atomic mass is 10.1. The molecule has 2 rings (SSSR count). The minimum Gasteiger partial charge on any atom is -0.211 e. The van der Waals surface area contributed by atoms with Gasteiger partial charge in [0.05, 0.1) is 5.69 Å². The molecular formula is C11H6BrNO. The number of nitrogens with zero attached hydrogens (tertiary/aromatic N) is 1. The quantitative estimate of drug-likeness (QED) is 0.560. The van der Waals surface area contributed by atoms with Crippen molar-refractivity contribution in [2.24, 2.45) is 4.99 Å². The third-order valence-corrected chi connectivity index (χ3v) is 2.70. The fraction of sp³-hybridized carbons (Fsp3) is 0. The summed E-state index contributed by atoms with van der Waals surface area (Å²) in [6, 6.07) is 11.4. The molecule has 0 spiro atoms. The van der Waals surface area contributed by atoms with Gasteiger partial charge in [0, 0.05) is 9.86 Å². The van der Waals surface area contributed by atoms with Crippen LogP contribution in [0.15, 0.2) is 45.9 Å². The van der Waals surface area contributed by atoms with Crippen LogP contribution in [-0.2, 0) is 4.79 Å². The predicted octanol–water partition coefficient (Wildman–Crippen LogP) is 3.57. The molecule has 0 aromatic heterocycles. The summed E-state index contributed by atoms with van der Waals surface area (Å²) in [6.45, 7) is 0. The van der Waals surface area contributed by atoms with E-state index in [9.17, 15) is 4.79 Å². The first kappa shape index (κ1) is 9.13. The Balaban J connectivity index is 2.87. The summed E-state index contributed by atoms with van der Waals surface area (Å²) in [6.07, 6.45) is 1.56. The molecule has 0 saturated carbocycles. The SMILES string of the molecule is O=C=Nc1cccc2c(Br)cccc12. The standard InChI is InChI=1S/C11H6BrNO/c12-10-5-1-4-9-8(10)3-2-6-11(9)13-7-14/h1-6H. The average Bonchev–Trinajstić information content (AvgIpc) is 2.20. The zero-order valence-electron chi connectivity index (χ0n) is 7.20. The van der Waals surface area contributed by atoms with E-state index in [2.05, 4.69) is 20.9 Å². The molecule has 0 fully saturated rings. The molecule has 14 heavy (non-hydrogen) atoms. The number of isocyanates is 1. The number of aliphatic imine (C=N–C) groups is 1. The Hall–Kier alpha value is -1.44. The van der Waals surface area contributed by atoms with Crippen LogP contribution < -0.4 is 0 Å². The maximum absolute atomic E-state index is 10.2. The molecule has 0 saturated heterocycles. The van der Waals surface area contributed by atoms with Gasteiger partial charge in [-0.15, -0.1) is 0 Å². The van der Waals surface area contributed by atoms with Crippen molar-refractivity contribution in [2.75, 3.05) is 0 Å². The number of benzene rings is 2. The molecule has 2 aromatic carbocycles. The highest BCUT2D eigenvalue weighted by atomic mass is 79.9. The molecule has 0 amide bonds. The number of halogens is 1. The van der Waals surface area contributed by atoms with Gasteiger partial charge in [0.2, 0.25) is 6.08 Å². The molecule has 0 atom stereocenters. The van der Waals surface area contributed by atoms with Crippen molar-refractivity contribution in [2.45, 2.75) is 0 Å². The average molecular weight is 248 g/mol. The molecule has 3 heteroatoms. The van der Waals surface area contributed by atoms with Crippen LogP contribution in [0.1, 0.15) is 0 Å². The van der Waals surface area contributed by atoms with Gasteiger partial charge in [0.15, 0.2) is 0 Å². The van der Waals surface area contributed by atoms with Crippen molar-refractivity contribution in [1.82, 2.24) is 0 Å². The van der Waals surface area contributed by atoms with Crippen molar-refractivity contribution < 1.29 is 4.79 Å². The normalized spacial score (nSPS) is 9.79. The van der Waals surface area contributed by atoms with Gasteiger partial charge in [-0.2, -0.15) is 4.99 Å². The van der Waals surface area contributed by atoms with Gasteiger partial charge >= 0.3 is 0 Å². The highest BCUT2D eigenvalue weighted by molar-refractivity contribution is 9.10. The summed E-state index contributed by atoms with van der Waals surface area (Å²) in [4.78, 5) is 13.8. The fourth-order valence-electron chi connectivity index (χ4n) is 1.40. The summed E-state index contributed by atoms with van der Waals surface area (Å²) >= 11 is 3.44. The molecule has 0 unspecified atom stereocenters. The monoisotopic (exact) mass is 247 g/mol. The zero-order chi connectivity index (χ0) is 9.97. The molecule has 68 valence electrons. The molecule has 0 heterocycles. The Morgan fingerprint density at radius 2 is 1.79 bits per heavy atom. The van der Waals surface area contributed by atoms with Crippen molar-refractivity contribution in [3.05, 3.63) is 40.9 Å². The Morgan fingerprint density at radius 3 is 2.57 bits per heavy atom. The van der Waals surface area contributed by atoms with E-state index in [1.54, 1.807) is 12.1 Å². The van der Waals surface area contributed by atoms with Crippen LogP contribution in [0.2, 0.25) is 0 Å². The number of hydrogen-bond acceptors (Lipinski definition) is 2. The molecule has 0 bridgehead atoms. The van der Waals surface area contributed by atoms with Gasteiger partial charge in [-0.05, 0) is 17.5 Å². The largest absolute Gasteiger partial charge is 0.240 e. The Morgan fingerprint density at radius 1 is 1.07 bits per heavy atom. The highest BCUT2D eigenvalue weighted by Gasteiger charge is 2.01. The van der Waals surface area contributed by atoms with E-state index in [0.29, 0.717) is 5.69 Å². The number of rotatable bonds is 1. The first-order chi connectivity index (χ1) is 6.83. The van der Waals surface area contributed by atoms with Crippen LogP contribution >= 0.6 is 15.9 Å². The van der Waals surface area contributed by atoms with Crippen molar-refractivity contribution in [3.8, 4) is 0 Å². The van der Waals surface area contributed by atoms with Gasteiger partial charge in [-0.25, -0.2) is 4.79 Å². The van der Waals surface area contributed by atoms with Gasteiger partial charge in [0.1, 0.15) is 0 Å². The van der Waals surface area contributed by atoms with E-state index in [1.165, 1.54) is 0 Å². The topological polar surface area (TPSA) is 29.4 Å². The Kier molecular flexibility index (Phi) is 2.44. The lowest BCUT2D eigenvalue weighted by Gasteiger charge is -2.01. The van der Waals surface area contributed by atoms with Crippen LogP contribution in [0.5, 0.6) is 0 Å². The summed E-state index contributed by atoms with van der Waals surface area (Å²) in [7, 11) is 0. The Bertz CT molecular complexity index is 530. The zero-order valence-corrected chi connectivity index (χ0v) is 8.78. The summed E-state index contributed by atoms with van der Waals surface area (Å²) in [5, 5.41) is 1.99. The van der Waals surface area contributed by atoms with Gasteiger partial charge in [-0.3, -0.25) is 0 Å². The minimum atomic E-state index is 0.652. The molecule has 0 aliphatic carbocycles. The maximum Gasteiger partial charge on any atom is 0.240 e. The van der Waals surface area contributed by atoms with Crippen LogP contribution in [0.4, 0.5) is 5.69 Å². The van der Waals surface area contributed by atoms with Gasteiger partial charge in [-0.1, -0.05) is 40.2 Å². The third-order valence-electron chi connectivity index (χ3n) is 2.01. The molecule has 0 N–H and O–H groups in total. The first-order valence-electron chi connectivity index (χ1n) is 4.08. The van der Waals surface area contributed by atoms with Gasteiger partial charge < -0.3 is 0 Å². The van der Waals surface area contributed by atoms with E-state index in [0.717, 1.165) is 15.2 Å². The number of hydrogen-bond donors (Lipinski definition) is 0. The van der Waals surface area contributed by atoms with Crippen LogP contribution in [0.3, 0.4) is 0 Å². The van der Waals surface area contributed by atoms with Gasteiger partial charge in [0.25, 0.3) is 0 Å². The van der Waals surface area contributed by atoms with E-state index in [1.807, 2.05) is 30.3 Å². The molecule has 0 radical (unpaired) electrons. The number of fused-ring (bicyclic) bond motifs is 1. The smallest absolute Gasteiger partial charge is 0.211 e. The predicted molar refractivity (Wildman–Crippen MR) is 59.4 cm³/mol. The lowest BCUT2D eigenvalue weighted by Crippen LogP contribution is -1.74. The second kappa shape index (κ2) is 3.74. The van der Waals surface area contributed by atoms with Crippen molar-refractivity contribution in [3.63, 3.8) is 0 Å². The number of carbonyl (C=O) groups excluding carboxylic acids is 1. The summed E-state index contributed by atoms with van der Waals surface area (Å²) in [5.74, 6) is 0. The van der Waals surface area contributed by atoms with Crippen molar-refractivity contribution >= 4 is 38.5 Å². The maximum atomic E-state index is 10.2. The molecular weight excluding hydrogens is 242 g/mol. The first-order valence-corrected chi connectivity index (χ1v) is 4.87. The van der Waals surface area contributed by atoms with Crippen LogP contribution in [0.25, 0.3) is 10.8 Å². The van der Waals surface area contributed by atoms with E-state index in [4.69, 9.17) is 0 Å². The van der Waals surface area contributed by atoms with Crippen LogP contribution in [0, 0.1) is 0 Å². The van der Waals surface area contributed by atoms with E-state index in [-0.39, 0.29) is 0 Å². The molecule has 0 aliphatic heterocycles. The lowest BCUT2D eigenvalue weighted by molar-refractivity contribution is 0.565. The fourth-order valence-corrected chi connectivity index (χ4v) is 1.90. The highest BCUT2D eigenvalue weighted by Crippen LogP contribution is 2.30. The van der Waals surface area contributed by atoms with Crippen LogP contribution in [-0.4, -0.2) is 6.08 Å². The Labute approximate surface area is 89.4 Å². The third kappa shape index (κ3) is 1.48. The molecule has 0 aliphatic rings. The molecule has 2 aromatic rings. The summed E-state index contributed by atoms with van der Waals surface area (Å²) < 4.78 is 0.998. The van der Waals surface area contributed by atoms with E-state index < -0.39 is 0 Å².